The van der Waals surface area contributed by atoms with Gasteiger partial charge in [0.25, 0.3) is 5.91 Å². The maximum Gasteiger partial charge on any atom is 0.253 e. The van der Waals surface area contributed by atoms with Gasteiger partial charge in [-0.3, -0.25) is 9.69 Å². The van der Waals surface area contributed by atoms with Gasteiger partial charge in [0, 0.05) is 31.1 Å². The summed E-state index contributed by atoms with van der Waals surface area (Å²) in [6, 6.07) is 7.67. The maximum absolute atomic E-state index is 12.5. The summed E-state index contributed by atoms with van der Waals surface area (Å²) in [7, 11) is 1.82. The van der Waals surface area contributed by atoms with E-state index in [1.54, 1.807) is 16.2 Å². The Hall–Kier alpha value is -1.76. The summed E-state index contributed by atoms with van der Waals surface area (Å²) in [6.45, 7) is 6.93. The summed E-state index contributed by atoms with van der Waals surface area (Å²) in [5, 5.41) is 3.15. The van der Waals surface area contributed by atoms with Gasteiger partial charge >= 0.3 is 0 Å². The molecule has 1 aliphatic rings. The number of ether oxygens (including phenoxy) is 1. The van der Waals surface area contributed by atoms with E-state index in [1.807, 2.05) is 38.2 Å². The minimum atomic E-state index is 0.0257. The first-order valence-electron chi connectivity index (χ1n) is 8.17. The first-order valence-corrected chi connectivity index (χ1v) is 9.05. The summed E-state index contributed by atoms with van der Waals surface area (Å²) in [4.78, 5) is 21.2. The number of aromatic nitrogens is 1. The van der Waals surface area contributed by atoms with Crippen LogP contribution in [0, 0.1) is 6.92 Å². The monoisotopic (exact) mass is 345 g/mol. The van der Waals surface area contributed by atoms with Crippen molar-refractivity contribution in [2.24, 2.45) is 0 Å². The number of hydrogen-bond donors (Lipinski definition) is 0. The van der Waals surface area contributed by atoms with Crippen molar-refractivity contribution in [3.63, 3.8) is 0 Å². The molecule has 3 rings (SSSR count). The van der Waals surface area contributed by atoms with Crippen LogP contribution in [0.4, 0.5) is 0 Å². The molecule has 0 radical (unpaired) electrons. The summed E-state index contributed by atoms with van der Waals surface area (Å²) in [5.74, 6) is 0.0257. The van der Waals surface area contributed by atoms with Gasteiger partial charge in [0.15, 0.2) is 0 Å². The van der Waals surface area contributed by atoms with Gasteiger partial charge in [-0.05, 0) is 19.1 Å². The van der Waals surface area contributed by atoms with Crippen LogP contribution in [0.5, 0.6) is 0 Å². The normalized spacial score (nSPS) is 15.4. The molecule has 2 aromatic rings. The highest BCUT2D eigenvalue weighted by Crippen LogP contribution is 2.15. The highest BCUT2D eigenvalue weighted by molar-refractivity contribution is 7.09. The van der Waals surface area contributed by atoms with E-state index in [4.69, 9.17) is 4.74 Å². The highest BCUT2D eigenvalue weighted by atomic mass is 32.1. The van der Waals surface area contributed by atoms with Crippen molar-refractivity contribution in [2.45, 2.75) is 20.0 Å². The van der Waals surface area contributed by atoms with Crippen molar-refractivity contribution in [1.29, 1.82) is 0 Å². The summed E-state index contributed by atoms with van der Waals surface area (Å²) < 4.78 is 5.37. The molecule has 1 amide bonds. The molecule has 2 heterocycles. The van der Waals surface area contributed by atoms with Crippen LogP contribution in [0.1, 0.15) is 26.6 Å². The number of benzene rings is 1. The number of hydrogen-bond acceptors (Lipinski definition) is 5. The van der Waals surface area contributed by atoms with Gasteiger partial charge in [0.1, 0.15) is 5.01 Å². The van der Waals surface area contributed by atoms with Crippen molar-refractivity contribution in [3.05, 3.63) is 51.5 Å². The molecular formula is C18H23N3O2S. The first kappa shape index (κ1) is 17.1. The average molecular weight is 345 g/mol. The van der Waals surface area contributed by atoms with Crippen LogP contribution in [-0.4, -0.2) is 54.0 Å². The van der Waals surface area contributed by atoms with Gasteiger partial charge in [-0.15, -0.1) is 11.3 Å². The largest absolute Gasteiger partial charge is 0.379 e. The first-order chi connectivity index (χ1) is 11.6. The number of carbonyl (C=O) groups excluding carboxylic acids is 1. The van der Waals surface area contributed by atoms with Crippen molar-refractivity contribution in [1.82, 2.24) is 14.8 Å². The van der Waals surface area contributed by atoms with E-state index >= 15 is 0 Å². The van der Waals surface area contributed by atoms with Gasteiger partial charge in [-0.25, -0.2) is 4.98 Å². The Labute approximate surface area is 146 Å². The van der Waals surface area contributed by atoms with Gasteiger partial charge < -0.3 is 9.64 Å². The average Bonchev–Trinajstić information content (AvgIpc) is 3.02. The molecule has 5 nitrogen and oxygen atoms in total. The number of amides is 1. The van der Waals surface area contributed by atoms with E-state index in [9.17, 15) is 4.79 Å². The second-order valence-corrected chi connectivity index (χ2v) is 7.09. The van der Waals surface area contributed by atoms with Crippen LogP contribution >= 0.6 is 11.3 Å². The predicted molar refractivity (Wildman–Crippen MR) is 95.2 cm³/mol. The minimum absolute atomic E-state index is 0.0257. The van der Waals surface area contributed by atoms with Gasteiger partial charge in [-0.2, -0.15) is 0 Å². The predicted octanol–water partition coefficient (Wildman–Crippen LogP) is 2.56. The third-order valence-corrected chi connectivity index (χ3v) is 4.99. The Morgan fingerprint density at radius 1 is 1.29 bits per heavy atom. The number of rotatable bonds is 5. The lowest BCUT2D eigenvalue weighted by Crippen LogP contribution is -2.35. The van der Waals surface area contributed by atoms with Gasteiger partial charge in [-0.1, -0.05) is 17.7 Å². The molecule has 1 aromatic heterocycles. The van der Waals surface area contributed by atoms with Gasteiger partial charge in [0.2, 0.25) is 0 Å². The van der Waals surface area contributed by atoms with Crippen LogP contribution < -0.4 is 0 Å². The topological polar surface area (TPSA) is 45.7 Å². The van der Waals surface area contributed by atoms with Gasteiger partial charge in [0.05, 0.1) is 32.0 Å². The lowest BCUT2D eigenvalue weighted by molar-refractivity contribution is 0.0341. The quantitative estimate of drug-likeness (QED) is 0.835. The zero-order chi connectivity index (χ0) is 16.9. The maximum atomic E-state index is 12.5. The van der Waals surface area contributed by atoms with Crippen molar-refractivity contribution in [2.75, 3.05) is 33.4 Å². The molecule has 6 heteroatoms. The number of carbonyl (C=O) groups is 1. The summed E-state index contributed by atoms with van der Waals surface area (Å²) >= 11 is 1.66. The molecule has 1 saturated heterocycles. The molecular weight excluding hydrogens is 322 g/mol. The Kier molecular flexibility index (Phi) is 5.60. The van der Waals surface area contributed by atoms with Crippen LogP contribution in [0.15, 0.2) is 29.6 Å². The molecule has 1 fully saturated rings. The SMILES string of the molecule is Cc1ccc(C(=O)N(C)Cc2csc(CN3CCOCC3)n2)cc1. The van der Waals surface area contributed by atoms with Crippen LogP contribution in [0.25, 0.3) is 0 Å². The fourth-order valence-corrected chi connectivity index (χ4v) is 3.50. The second-order valence-electron chi connectivity index (χ2n) is 6.15. The van der Waals surface area contributed by atoms with Crippen molar-refractivity contribution in [3.8, 4) is 0 Å². The standard InChI is InChI=1S/C18H23N3O2S/c1-14-3-5-15(6-4-14)18(22)20(2)11-16-13-24-17(19-16)12-21-7-9-23-10-8-21/h3-6,13H,7-12H2,1-2H3. The van der Waals surface area contributed by atoms with E-state index in [0.29, 0.717) is 12.1 Å². The molecule has 0 spiro atoms. The van der Waals surface area contributed by atoms with E-state index < -0.39 is 0 Å². The van der Waals surface area contributed by atoms with E-state index in [1.165, 1.54) is 0 Å². The fourth-order valence-electron chi connectivity index (χ4n) is 2.68. The van der Waals surface area contributed by atoms with Crippen LogP contribution in [0.2, 0.25) is 0 Å². The number of morpholine rings is 1. The minimum Gasteiger partial charge on any atom is -0.379 e. The molecule has 24 heavy (non-hydrogen) atoms. The van der Waals surface area contributed by atoms with Crippen molar-refractivity contribution >= 4 is 17.2 Å². The summed E-state index contributed by atoms with van der Waals surface area (Å²) in [5.41, 5.74) is 2.82. The zero-order valence-electron chi connectivity index (χ0n) is 14.2. The number of nitrogens with zero attached hydrogens (tertiary/aromatic N) is 3. The molecule has 0 bridgehead atoms. The highest BCUT2D eigenvalue weighted by Gasteiger charge is 2.15. The van der Waals surface area contributed by atoms with E-state index in [-0.39, 0.29) is 5.91 Å². The van der Waals surface area contributed by atoms with Crippen molar-refractivity contribution < 1.29 is 9.53 Å². The fraction of sp³-hybridized carbons (Fsp3) is 0.444. The smallest absolute Gasteiger partial charge is 0.253 e. The number of thiazole rings is 1. The molecule has 1 aliphatic heterocycles. The Bertz CT molecular complexity index is 678. The number of aryl methyl sites for hydroxylation is 1. The molecule has 128 valence electrons. The van der Waals surface area contributed by atoms with E-state index in [0.717, 1.165) is 49.1 Å². The van der Waals surface area contributed by atoms with Crippen LogP contribution in [0.3, 0.4) is 0 Å². The third-order valence-electron chi connectivity index (χ3n) is 4.11. The molecule has 0 unspecified atom stereocenters. The Morgan fingerprint density at radius 3 is 2.71 bits per heavy atom. The molecule has 1 aromatic carbocycles. The van der Waals surface area contributed by atoms with E-state index in [2.05, 4.69) is 15.3 Å². The molecule has 0 saturated carbocycles. The lowest BCUT2D eigenvalue weighted by Gasteiger charge is -2.25. The zero-order valence-corrected chi connectivity index (χ0v) is 15.0. The Balaban J connectivity index is 1.57. The summed E-state index contributed by atoms with van der Waals surface area (Å²) in [6.07, 6.45) is 0. The Morgan fingerprint density at radius 2 is 2.00 bits per heavy atom. The third kappa shape index (κ3) is 4.41. The molecule has 0 N–H and O–H groups in total. The van der Waals surface area contributed by atoms with Crippen LogP contribution in [-0.2, 0) is 17.8 Å². The lowest BCUT2D eigenvalue weighted by atomic mass is 10.1. The second kappa shape index (κ2) is 7.88. The molecule has 0 atom stereocenters. The molecule has 0 aliphatic carbocycles.